The number of phenolic OH excluding ortho intramolecular Hbond substituents is 1. The van der Waals surface area contributed by atoms with Crippen LogP contribution in [0.4, 0.5) is 5.69 Å². The van der Waals surface area contributed by atoms with Crippen LogP contribution >= 0.6 is 11.6 Å². The first-order valence-corrected chi connectivity index (χ1v) is 10.8. The average molecular weight is 496 g/mol. The van der Waals surface area contributed by atoms with Crippen molar-refractivity contribution in [2.24, 2.45) is 0 Å². The van der Waals surface area contributed by atoms with Gasteiger partial charge in [0.2, 0.25) is 0 Å². The molecule has 0 saturated carbocycles. The first-order valence-electron chi connectivity index (χ1n) is 10.5. The van der Waals surface area contributed by atoms with Crippen LogP contribution in [0, 0.1) is 0 Å². The molecule has 1 saturated heterocycles. The maximum atomic E-state index is 13.3. The SMILES string of the molecule is COc1ccc(C2/C(=C(\O)c3cc(Cl)c(OC)cc3OC)C(=O)C(=O)N2c2ccccc2O)cc1. The van der Waals surface area contributed by atoms with E-state index in [2.05, 4.69) is 0 Å². The van der Waals surface area contributed by atoms with E-state index in [1.54, 1.807) is 36.4 Å². The van der Waals surface area contributed by atoms with Gasteiger partial charge in [-0.3, -0.25) is 14.5 Å². The Kier molecular flexibility index (Phi) is 6.57. The zero-order chi connectivity index (χ0) is 25.3. The summed E-state index contributed by atoms with van der Waals surface area (Å²) in [6, 6.07) is 14.7. The van der Waals surface area contributed by atoms with E-state index < -0.39 is 23.5 Å². The van der Waals surface area contributed by atoms with E-state index in [4.69, 9.17) is 25.8 Å². The summed E-state index contributed by atoms with van der Waals surface area (Å²) in [6.07, 6.45) is 0. The lowest BCUT2D eigenvalue weighted by molar-refractivity contribution is -0.132. The highest BCUT2D eigenvalue weighted by Crippen LogP contribution is 2.46. The summed E-state index contributed by atoms with van der Waals surface area (Å²) in [7, 11) is 4.34. The third-order valence-corrected chi connectivity index (χ3v) is 6.04. The number of rotatable bonds is 6. The zero-order valence-electron chi connectivity index (χ0n) is 19.1. The Morgan fingerprint density at radius 3 is 2.17 bits per heavy atom. The number of carbonyl (C=O) groups is 2. The van der Waals surface area contributed by atoms with Crippen molar-refractivity contribution < 1.29 is 34.0 Å². The summed E-state index contributed by atoms with van der Waals surface area (Å²) in [5.74, 6) is -1.46. The molecule has 9 heteroatoms. The van der Waals surface area contributed by atoms with Gasteiger partial charge in [-0.2, -0.15) is 0 Å². The third-order valence-electron chi connectivity index (χ3n) is 5.75. The Morgan fingerprint density at radius 2 is 1.57 bits per heavy atom. The number of nitrogens with zero attached hydrogens (tertiary/aromatic N) is 1. The largest absolute Gasteiger partial charge is 0.507 e. The molecule has 2 N–H and O–H groups in total. The van der Waals surface area contributed by atoms with E-state index in [0.29, 0.717) is 17.1 Å². The number of aliphatic hydroxyl groups excluding tert-OH is 1. The maximum absolute atomic E-state index is 13.3. The van der Waals surface area contributed by atoms with Crippen molar-refractivity contribution in [3.63, 3.8) is 0 Å². The molecule has 0 radical (unpaired) electrons. The van der Waals surface area contributed by atoms with Crippen LogP contribution < -0.4 is 19.1 Å². The van der Waals surface area contributed by atoms with E-state index >= 15 is 0 Å². The van der Waals surface area contributed by atoms with Crippen LogP contribution in [0.3, 0.4) is 0 Å². The Hall–Kier alpha value is -4.17. The third kappa shape index (κ3) is 4.13. The van der Waals surface area contributed by atoms with Gasteiger partial charge in [-0.05, 0) is 35.9 Å². The summed E-state index contributed by atoms with van der Waals surface area (Å²) in [6.45, 7) is 0. The Balaban J connectivity index is 1.99. The summed E-state index contributed by atoms with van der Waals surface area (Å²) < 4.78 is 15.8. The van der Waals surface area contributed by atoms with Gasteiger partial charge in [0.05, 0.1) is 49.2 Å². The molecule has 4 rings (SSSR count). The molecule has 1 aliphatic heterocycles. The van der Waals surface area contributed by atoms with Crippen LogP contribution in [0.1, 0.15) is 17.2 Å². The van der Waals surface area contributed by atoms with Crippen LogP contribution in [-0.2, 0) is 9.59 Å². The lowest BCUT2D eigenvalue weighted by atomic mass is 9.94. The number of benzene rings is 3. The highest BCUT2D eigenvalue weighted by Gasteiger charge is 2.48. The number of Topliss-reactive ketones (excluding diaryl/α,β-unsaturated/α-hetero) is 1. The van der Waals surface area contributed by atoms with Gasteiger partial charge in [0.1, 0.15) is 28.8 Å². The molecule has 180 valence electrons. The lowest BCUT2D eigenvalue weighted by Crippen LogP contribution is -2.29. The number of aromatic hydroxyl groups is 1. The highest BCUT2D eigenvalue weighted by molar-refractivity contribution is 6.52. The molecule has 0 aromatic heterocycles. The molecule has 35 heavy (non-hydrogen) atoms. The highest BCUT2D eigenvalue weighted by atomic mass is 35.5. The van der Waals surface area contributed by atoms with Gasteiger partial charge in [0, 0.05) is 6.07 Å². The van der Waals surface area contributed by atoms with Gasteiger partial charge in [0.25, 0.3) is 11.7 Å². The van der Waals surface area contributed by atoms with Gasteiger partial charge < -0.3 is 24.4 Å². The smallest absolute Gasteiger partial charge is 0.300 e. The topological polar surface area (TPSA) is 106 Å². The zero-order valence-corrected chi connectivity index (χ0v) is 19.9. The molecule has 3 aromatic carbocycles. The number of hydrogen-bond acceptors (Lipinski definition) is 7. The monoisotopic (exact) mass is 495 g/mol. The second-order valence-electron chi connectivity index (χ2n) is 7.62. The molecule has 0 spiro atoms. The molecule has 1 unspecified atom stereocenters. The maximum Gasteiger partial charge on any atom is 0.300 e. The molecule has 1 fully saturated rings. The Morgan fingerprint density at radius 1 is 0.914 bits per heavy atom. The molecule has 1 aliphatic rings. The molecule has 0 bridgehead atoms. The number of methoxy groups -OCH3 is 3. The van der Waals surface area contributed by atoms with Crippen molar-refractivity contribution in [3.8, 4) is 23.0 Å². The fourth-order valence-corrected chi connectivity index (χ4v) is 4.28. The first-order chi connectivity index (χ1) is 16.8. The minimum atomic E-state index is -1.06. The van der Waals surface area contributed by atoms with Crippen LogP contribution in [0.15, 0.2) is 66.2 Å². The fraction of sp³-hybridized carbons (Fsp3) is 0.154. The van der Waals surface area contributed by atoms with Crippen molar-refractivity contribution >= 4 is 34.7 Å². The summed E-state index contributed by atoms with van der Waals surface area (Å²) >= 11 is 6.28. The predicted octanol–water partition coefficient (Wildman–Crippen LogP) is 4.70. The van der Waals surface area contributed by atoms with Crippen molar-refractivity contribution in [1.29, 1.82) is 0 Å². The second-order valence-corrected chi connectivity index (χ2v) is 8.03. The number of ether oxygens (including phenoxy) is 3. The standard InChI is InChI=1S/C26H22ClNO7/c1-33-15-10-8-14(9-11-15)23-22(24(30)16-12-17(27)21(35-3)13-20(16)34-2)25(31)26(32)28(23)18-6-4-5-7-19(18)29/h4-13,23,29-30H,1-3H3/b24-22+. The Bertz CT molecular complexity index is 1330. The molecule has 3 aromatic rings. The van der Waals surface area contributed by atoms with Crippen LogP contribution in [0.5, 0.6) is 23.0 Å². The summed E-state index contributed by atoms with van der Waals surface area (Å²) in [4.78, 5) is 27.7. The van der Waals surface area contributed by atoms with Crippen molar-refractivity contribution in [1.82, 2.24) is 0 Å². The molecular formula is C26H22ClNO7. The van der Waals surface area contributed by atoms with Gasteiger partial charge in [-0.1, -0.05) is 35.9 Å². The van der Waals surface area contributed by atoms with E-state index in [9.17, 15) is 19.8 Å². The minimum Gasteiger partial charge on any atom is -0.507 e. The molecule has 1 amide bonds. The van der Waals surface area contributed by atoms with Gasteiger partial charge >= 0.3 is 0 Å². The number of carbonyl (C=O) groups excluding carboxylic acids is 2. The van der Waals surface area contributed by atoms with E-state index in [0.717, 1.165) is 4.90 Å². The lowest BCUT2D eigenvalue weighted by Gasteiger charge is -2.26. The normalized spacial score (nSPS) is 16.9. The summed E-state index contributed by atoms with van der Waals surface area (Å²) in [5, 5.41) is 22.0. The molecular weight excluding hydrogens is 474 g/mol. The quantitative estimate of drug-likeness (QED) is 0.290. The molecule has 1 heterocycles. The number of amides is 1. The number of hydrogen-bond donors (Lipinski definition) is 2. The van der Waals surface area contributed by atoms with Crippen LogP contribution in [0.25, 0.3) is 5.76 Å². The number of phenols is 1. The van der Waals surface area contributed by atoms with Crippen LogP contribution in [-0.4, -0.2) is 43.2 Å². The second kappa shape index (κ2) is 9.60. The van der Waals surface area contributed by atoms with Crippen LogP contribution in [0.2, 0.25) is 5.02 Å². The number of halogens is 1. The Labute approximate surface area is 206 Å². The van der Waals surface area contributed by atoms with E-state index in [1.807, 2.05) is 0 Å². The predicted molar refractivity (Wildman–Crippen MR) is 130 cm³/mol. The van der Waals surface area contributed by atoms with Crippen molar-refractivity contribution in [2.75, 3.05) is 26.2 Å². The minimum absolute atomic E-state index is 0.104. The number of ketones is 1. The van der Waals surface area contributed by atoms with Gasteiger partial charge in [-0.25, -0.2) is 0 Å². The van der Waals surface area contributed by atoms with E-state index in [-0.39, 0.29) is 33.3 Å². The first kappa shape index (κ1) is 24.0. The average Bonchev–Trinajstić information content (AvgIpc) is 3.14. The van der Waals surface area contributed by atoms with E-state index in [1.165, 1.54) is 45.6 Å². The molecule has 0 aliphatic carbocycles. The number of anilines is 1. The van der Waals surface area contributed by atoms with Crippen molar-refractivity contribution in [2.45, 2.75) is 6.04 Å². The van der Waals surface area contributed by atoms with Crippen molar-refractivity contribution in [3.05, 3.63) is 82.4 Å². The summed E-state index contributed by atoms with van der Waals surface area (Å²) in [5.41, 5.74) is 0.539. The fourth-order valence-electron chi connectivity index (χ4n) is 4.04. The molecule has 8 nitrogen and oxygen atoms in total. The van der Waals surface area contributed by atoms with Gasteiger partial charge in [0.15, 0.2) is 0 Å². The number of para-hydroxylation sites is 2. The molecule has 1 atom stereocenters. The number of aliphatic hydroxyl groups is 1. The van der Waals surface area contributed by atoms with Gasteiger partial charge in [-0.15, -0.1) is 0 Å².